The molecule has 0 aromatic heterocycles. The van der Waals surface area contributed by atoms with Crippen LogP contribution in [0.25, 0.3) is 0 Å². The standard InChI is InChI=1S/C29H59IO10/c1-3-29(2)28-40-27-26-39-25-24-38-23-22-37-21-20-36-19-18-35-17-16-34-15-14-33-13-12-32-11-10-31-9-7-5-4-6-8-30/h29H,3-28H2,1-2H3. The van der Waals surface area contributed by atoms with Crippen molar-refractivity contribution in [3.63, 3.8) is 0 Å². The van der Waals surface area contributed by atoms with Crippen LogP contribution in [-0.4, -0.2) is 137 Å². The zero-order valence-corrected chi connectivity index (χ0v) is 27.6. The van der Waals surface area contributed by atoms with Gasteiger partial charge in [0.15, 0.2) is 0 Å². The van der Waals surface area contributed by atoms with Gasteiger partial charge in [-0.2, -0.15) is 0 Å². The SMILES string of the molecule is CCC(C)COCCOCCOCCOCCOCCOCCOCCOCCOCCOCCCCCCI. The van der Waals surface area contributed by atoms with Gasteiger partial charge in [-0.15, -0.1) is 0 Å². The van der Waals surface area contributed by atoms with E-state index >= 15 is 0 Å². The van der Waals surface area contributed by atoms with E-state index in [1.165, 1.54) is 23.7 Å². The Labute approximate surface area is 257 Å². The molecular formula is C29H59IO10. The highest BCUT2D eigenvalue weighted by atomic mass is 127. The molecule has 0 aliphatic carbocycles. The lowest BCUT2D eigenvalue weighted by Gasteiger charge is -2.10. The normalized spacial score (nSPS) is 12.4. The lowest BCUT2D eigenvalue weighted by molar-refractivity contribution is -0.0268. The number of unbranched alkanes of at least 4 members (excludes halogenated alkanes) is 3. The fraction of sp³-hybridized carbons (Fsp3) is 1.00. The van der Waals surface area contributed by atoms with Gasteiger partial charge < -0.3 is 47.4 Å². The Bertz CT molecular complexity index is 451. The van der Waals surface area contributed by atoms with Crippen molar-refractivity contribution in [2.75, 3.05) is 137 Å². The summed E-state index contributed by atoms with van der Waals surface area (Å²) in [5, 5.41) is 0. The third kappa shape index (κ3) is 36.4. The molecule has 0 fully saturated rings. The largest absolute Gasteiger partial charge is 0.379 e. The topological polar surface area (TPSA) is 92.3 Å². The molecule has 0 bridgehead atoms. The summed E-state index contributed by atoms with van der Waals surface area (Å²) in [7, 11) is 0. The summed E-state index contributed by atoms with van der Waals surface area (Å²) in [4.78, 5) is 0. The summed E-state index contributed by atoms with van der Waals surface area (Å²) >= 11 is 2.42. The molecule has 0 N–H and O–H groups in total. The van der Waals surface area contributed by atoms with Gasteiger partial charge in [0.1, 0.15) is 0 Å². The van der Waals surface area contributed by atoms with Gasteiger partial charge in [0.2, 0.25) is 0 Å². The highest BCUT2D eigenvalue weighted by Crippen LogP contribution is 2.02. The molecule has 0 aliphatic heterocycles. The molecule has 10 nitrogen and oxygen atoms in total. The molecule has 0 aromatic rings. The fourth-order valence-electron chi connectivity index (χ4n) is 3.03. The van der Waals surface area contributed by atoms with Crippen LogP contribution in [0.5, 0.6) is 0 Å². The minimum Gasteiger partial charge on any atom is -0.379 e. The van der Waals surface area contributed by atoms with Crippen LogP contribution < -0.4 is 0 Å². The summed E-state index contributed by atoms with van der Waals surface area (Å²) in [6.45, 7) is 16.1. The zero-order valence-electron chi connectivity index (χ0n) is 25.4. The molecule has 0 saturated carbocycles. The summed E-state index contributed by atoms with van der Waals surface area (Å²) in [6.07, 6.45) is 6.13. The molecule has 0 heterocycles. The van der Waals surface area contributed by atoms with Crippen LogP contribution in [0.15, 0.2) is 0 Å². The average molecular weight is 695 g/mol. The van der Waals surface area contributed by atoms with Crippen LogP contribution in [0.1, 0.15) is 46.0 Å². The molecule has 1 unspecified atom stereocenters. The number of hydrogen-bond acceptors (Lipinski definition) is 10. The first-order valence-corrected chi connectivity index (χ1v) is 16.7. The zero-order chi connectivity index (χ0) is 29.0. The summed E-state index contributed by atoms with van der Waals surface area (Å²) in [5.41, 5.74) is 0. The van der Waals surface area contributed by atoms with Crippen molar-refractivity contribution >= 4 is 22.6 Å². The number of halogens is 1. The second kappa shape index (κ2) is 37.4. The molecule has 0 aliphatic rings. The maximum Gasteiger partial charge on any atom is 0.0701 e. The van der Waals surface area contributed by atoms with E-state index < -0.39 is 0 Å². The van der Waals surface area contributed by atoms with Gasteiger partial charge in [0.05, 0.1) is 119 Å². The van der Waals surface area contributed by atoms with E-state index in [1.807, 2.05) is 0 Å². The van der Waals surface area contributed by atoms with Crippen LogP contribution in [0.2, 0.25) is 0 Å². The second-order valence-electron chi connectivity index (χ2n) is 9.20. The van der Waals surface area contributed by atoms with Crippen molar-refractivity contribution in [1.82, 2.24) is 0 Å². The first kappa shape index (κ1) is 40.3. The Balaban J connectivity index is 3.03. The number of alkyl halides is 1. The molecular weight excluding hydrogens is 635 g/mol. The molecule has 242 valence electrons. The maximum absolute atomic E-state index is 5.55. The molecule has 0 rings (SSSR count). The van der Waals surface area contributed by atoms with Gasteiger partial charge >= 0.3 is 0 Å². The van der Waals surface area contributed by atoms with Crippen LogP contribution in [0.3, 0.4) is 0 Å². The monoisotopic (exact) mass is 694 g/mol. The molecule has 11 heteroatoms. The minimum atomic E-state index is 0.533. The third-order valence-electron chi connectivity index (χ3n) is 5.62. The highest BCUT2D eigenvalue weighted by molar-refractivity contribution is 14.1. The summed E-state index contributed by atoms with van der Waals surface area (Å²) in [6, 6.07) is 0. The predicted molar refractivity (Wildman–Crippen MR) is 165 cm³/mol. The smallest absolute Gasteiger partial charge is 0.0701 e. The van der Waals surface area contributed by atoms with Gasteiger partial charge in [-0.05, 0) is 23.2 Å². The van der Waals surface area contributed by atoms with Gasteiger partial charge in [-0.25, -0.2) is 0 Å². The lowest BCUT2D eigenvalue weighted by Crippen LogP contribution is -2.15. The number of ether oxygens (including phenoxy) is 10. The minimum absolute atomic E-state index is 0.533. The Morgan fingerprint density at radius 2 is 0.650 bits per heavy atom. The van der Waals surface area contributed by atoms with Gasteiger partial charge in [-0.3, -0.25) is 0 Å². The first-order valence-electron chi connectivity index (χ1n) is 15.1. The Morgan fingerprint density at radius 1 is 0.375 bits per heavy atom. The van der Waals surface area contributed by atoms with E-state index in [0.717, 1.165) is 26.1 Å². The predicted octanol–water partition coefficient (Wildman–Crippen LogP) is 4.19. The average Bonchev–Trinajstić information content (AvgIpc) is 2.97. The van der Waals surface area contributed by atoms with Crippen molar-refractivity contribution in [3.05, 3.63) is 0 Å². The Hall–Kier alpha value is 0.330. The molecule has 0 spiro atoms. The Kier molecular flexibility index (Phi) is 37.7. The van der Waals surface area contributed by atoms with Crippen molar-refractivity contribution < 1.29 is 47.4 Å². The van der Waals surface area contributed by atoms with E-state index in [4.69, 9.17) is 47.4 Å². The van der Waals surface area contributed by atoms with Gasteiger partial charge in [0.25, 0.3) is 0 Å². The molecule has 0 aromatic carbocycles. The fourth-order valence-corrected chi connectivity index (χ4v) is 3.57. The van der Waals surface area contributed by atoms with Gasteiger partial charge in [0, 0.05) is 13.2 Å². The quantitative estimate of drug-likeness (QED) is 0.0541. The van der Waals surface area contributed by atoms with E-state index in [1.54, 1.807) is 0 Å². The van der Waals surface area contributed by atoms with Crippen LogP contribution >= 0.6 is 22.6 Å². The van der Waals surface area contributed by atoms with Crippen molar-refractivity contribution in [2.24, 2.45) is 5.92 Å². The Morgan fingerprint density at radius 3 is 0.950 bits per heavy atom. The maximum atomic E-state index is 5.55. The van der Waals surface area contributed by atoms with Crippen LogP contribution in [0, 0.1) is 5.92 Å². The van der Waals surface area contributed by atoms with Crippen molar-refractivity contribution in [3.8, 4) is 0 Å². The number of hydrogen-bond donors (Lipinski definition) is 0. The molecule has 40 heavy (non-hydrogen) atoms. The van der Waals surface area contributed by atoms with Crippen LogP contribution in [0.4, 0.5) is 0 Å². The van der Waals surface area contributed by atoms with Gasteiger partial charge in [-0.1, -0.05) is 55.7 Å². The van der Waals surface area contributed by atoms with E-state index in [2.05, 4.69) is 36.4 Å². The second-order valence-corrected chi connectivity index (χ2v) is 10.3. The van der Waals surface area contributed by atoms with E-state index in [-0.39, 0.29) is 0 Å². The van der Waals surface area contributed by atoms with Crippen molar-refractivity contribution in [2.45, 2.75) is 46.0 Å². The third-order valence-corrected chi connectivity index (χ3v) is 6.38. The summed E-state index contributed by atoms with van der Waals surface area (Å²) < 4.78 is 56.2. The molecule has 0 saturated heterocycles. The first-order chi connectivity index (χ1) is 19.8. The molecule has 1 atom stereocenters. The van der Waals surface area contributed by atoms with Crippen molar-refractivity contribution in [1.29, 1.82) is 0 Å². The summed E-state index contributed by atoms with van der Waals surface area (Å²) in [5.74, 6) is 0.603. The number of rotatable bonds is 36. The van der Waals surface area contributed by atoms with E-state index in [9.17, 15) is 0 Å². The molecule has 0 amide bonds. The molecule has 0 radical (unpaired) electrons. The lowest BCUT2D eigenvalue weighted by atomic mass is 10.1. The van der Waals surface area contributed by atoms with E-state index in [0.29, 0.717) is 125 Å². The van der Waals surface area contributed by atoms with Crippen LogP contribution in [-0.2, 0) is 47.4 Å². The highest BCUT2D eigenvalue weighted by Gasteiger charge is 1.99.